The predicted molar refractivity (Wildman–Crippen MR) is 82.6 cm³/mol. The molecule has 0 spiro atoms. The van der Waals surface area contributed by atoms with Crippen molar-refractivity contribution in [3.63, 3.8) is 0 Å². The first-order valence-corrected chi connectivity index (χ1v) is 8.30. The lowest BCUT2D eigenvalue weighted by atomic mass is 9.83. The third-order valence-electron chi connectivity index (χ3n) is 3.46. The molecule has 104 valence electrons. The van der Waals surface area contributed by atoms with Gasteiger partial charge in [-0.2, -0.15) is 12.6 Å². The molecule has 0 saturated heterocycles. The van der Waals surface area contributed by atoms with E-state index >= 15 is 0 Å². The second-order valence-corrected chi connectivity index (χ2v) is 6.29. The standard InChI is InChI=1S/C13H25N3S2/c1-5-7-13(9-17,8-6-2)10-18-12-15-14-11(3)16(12)4/h17H,5-10H2,1-4H3. The number of hydrogen-bond donors (Lipinski definition) is 1. The van der Waals surface area contributed by atoms with Gasteiger partial charge in [-0.1, -0.05) is 38.5 Å². The Hall–Kier alpha value is -0.160. The molecule has 1 rings (SSSR count). The summed E-state index contributed by atoms with van der Waals surface area (Å²) < 4.78 is 2.06. The second kappa shape index (κ2) is 7.43. The summed E-state index contributed by atoms with van der Waals surface area (Å²) in [5, 5.41) is 9.35. The summed E-state index contributed by atoms with van der Waals surface area (Å²) in [4.78, 5) is 0. The van der Waals surface area contributed by atoms with Crippen molar-refractivity contribution < 1.29 is 0 Å². The van der Waals surface area contributed by atoms with Crippen LogP contribution >= 0.6 is 24.4 Å². The molecule has 3 nitrogen and oxygen atoms in total. The monoisotopic (exact) mass is 287 g/mol. The molecule has 0 aliphatic heterocycles. The van der Waals surface area contributed by atoms with Gasteiger partial charge in [0.15, 0.2) is 5.16 Å². The van der Waals surface area contributed by atoms with Crippen molar-refractivity contribution in [3.05, 3.63) is 5.82 Å². The van der Waals surface area contributed by atoms with Gasteiger partial charge in [-0.15, -0.1) is 10.2 Å². The molecule has 0 N–H and O–H groups in total. The van der Waals surface area contributed by atoms with Crippen molar-refractivity contribution in [1.29, 1.82) is 0 Å². The Morgan fingerprint density at radius 3 is 2.22 bits per heavy atom. The summed E-state index contributed by atoms with van der Waals surface area (Å²) in [7, 11) is 2.03. The molecule has 0 aromatic carbocycles. The van der Waals surface area contributed by atoms with E-state index < -0.39 is 0 Å². The molecule has 18 heavy (non-hydrogen) atoms. The molecule has 1 aromatic heterocycles. The van der Waals surface area contributed by atoms with E-state index in [1.165, 1.54) is 25.7 Å². The van der Waals surface area contributed by atoms with Gasteiger partial charge >= 0.3 is 0 Å². The Kier molecular flexibility index (Phi) is 6.57. The number of nitrogens with zero attached hydrogens (tertiary/aromatic N) is 3. The highest BCUT2D eigenvalue weighted by Gasteiger charge is 2.27. The third kappa shape index (κ3) is 3.92. The highest BCUT2D eigenvalue weighted by atomic mass is 32.2. The first kappa shape index (κ1) is 15.9. The lowest BCUT2D eigenvalue weighted by molar-refractivity contribution is 0.318. The molecule has 0 amide bonds. The topological polar surface area (TPSA) is 30.7 Å². The molecular weight excluding hydrogens is 262 g/mol. The van der Waals surface area contributed by atoms with Crippen molar-refractivity contribution in [2.24, 2.45) is 12.5 Å². The molecule has 0 bridgehead atoms. The van der Waals surface area contributed by atoms with E-state index in [4.69, 9.17) is 0 Å². The highest BCUT2D eigenvalue weighted by molar-refractivity contribution is 7.99. The summed E-state index contributed by atoms with van der Waals surface area (Å²) in [6, 6.07) is 0. The smallest absolute Gasteiger partial charge is 0.190 e. The quantitative estimate of drug-likeness (QED) is 0.584. The molecular formula is C13H25N3S2. The molecule has 0 aliphatic carbocycles. The largest absolute Gasteiger partial charge is 0.309 e. The van der Waals surface area contributed by atoms with Crippen molar-refractivity contribution >= 4 is 24.4 Å². The van der Waals surface area contributed by atoms with Crippen LogP contribution in [0.2, 0.25) is 0 Å². The first-order valence-electron chi connectivity index (χ1n) is 6.68. The van der Waals surface area contributed by atoms with Crippen molar-refractivity contribution in [3.8, 4) is 0 Å². The van der Waals surface area contributed by atoms with Crippen LogP contribution in [0, 0.1) is 12.3 Å². The van der Waals surface area contributed by atoms with E-state index in [1.807, 2.05) is 25.7 Å². The second-order valence-electron chi connectivity index (χ2n) is 5.04. The average molecular weight is 287 g/mol. The lowest BCUT2D eigenvalue weighted by Crippen LogP contribution is -2.26. The maximum absolute atomic E-state index is 4.59. The molecule has 1 heterocycles. The molecule has 0 unspecified atom stereocenters. The first-order chi connectivity index (χ1) is 8.58. The van der Waals surface area contributed by atoms with Crippen LogP contribution in [0.15, 0.2) is 5.16 Å². The van der Waals surface area contributed by atoms with Crippen LogP contribution in [-0.4, -0.2) is 26.3 Å². The van der Waals surface area contributed by atoms with E-state index in [-0.39, 0.29) is 0 Å². The van der Waals surface area contributed by atoms with Gasteiger partial charge in [0.25, 0.3) is 0 Å². The van der Waals surface area contributed by atoms with Gasteiger partial charge in [0, 0.05) is 12.8 Å². The third-order valence-corrected chi connectivity index (χ3v) is 5.50. The van der Waals surface area contributed by atoms with Crippen LogP contribution in [0.4, 0.5) is 0 Å². The van der Waals surface area contributed by atoms with Gasteiger partial charge in [0.1, 0.15) is 5.82 Å². The Morgan fingerprint density at radius 1 is 1.22 bits per heavy atom. The molecule has 0 fully saturated rings. The number of aromatic nitrogens is 3. The maximum Gasteiger partial charge on any atom is 0.190 e. The molecule has 1 aromatic rings. The molecule has 5 heteroatoms. The summed E-state index contributed by atoms with van der Waals surface area (Å²) in [5.41, 5.74) is 0.344. The zero-order chi connectivity index (χ0) is 13.6. The molecule has 0 atom stereocenters. The van der Waals surface area contributed by atoms with Crippen LogP contribution < -0.4 is 0 Å². The summed E-state index contributed by atoms with van der Waals surface area (Å²) >= 11 is 6.41. The fourth-order valence-electron chi connectivity index (χ4n) is 2.26. The van der Waals surface area contributed by atoms with E-state index in [1.54, 1.807) is 0 Å². The van der Waals surface area contributed by atoms with E-state index in [0.29, 0.717) is 5.41 Å². The van der Waals surface area contributed by atoms with E-state index in [0.717, 1.165) is 22.5 Å². The van der Waals surface area contributed by atoms with Crippen LogP contribution in [0.1, 0.15) is 45.4 Å². The lowest BCUT2D eigenvalue weighted by Gasteiger charge is -2.31. The molecule has 0 radical (unpaired) electrons. The van der Waals surface area contributed by atoms with Crippen LogP contribution in [0.5, 0.6) is 0 Å². The minimum absolute atomic E-state index is 0.344. The molecule has 0 saturated carbocycles. The Bertz CT molecular complexity index is 357. The summed E-state index contributed by atoms with van der Waals surface area (Å²) in [6.45, 7) is 6.50. The Balaban J connectivity index is 2.69. The number of thiol groups is 1. The van der Waals surface area contributed by atoms with Gasteiger partial charge in [0.05, 0.1) is 0 Å². The van der Waals surface area contributed by atoms with Crippen molar-refractivity contribution in [1.82, 2.24) is 14.8 Å². The Morgan fingerprint density at radius 2 is 1.83 bits per heavy atom. The van der Waals surface area contributed by atoms with E-state index in [9.17, 15) is 0 Å². The van der Waals surface area contributed by atoms with Crippen LogP contribution in [0.3, 0.4) is 0 Å². The van der Waals surface area contributed by atoms with Gasteiger partial charge in [-0.05, 0) is 30.9 Å². The van der Waals surface area contributed by atoms with E-state index in [2.05, 4.69) is 41.2 Å². The highest BCUT2D eigenvalue weighted by Crippen LogP contribution is 2.36. The van der Waals surface area contributed by atoms with Crippen LogP contribution in [0.25, 0.3) is 0 Å². The summed E-state index contributed by atoms with van der Waals surface area (Å²) in [6.07, 6.45) is 4.93. The van der Waals surface area contributed by atoms with Gasteiger partial charge in [-0.25, -0.2) is 0 Å². The minimum Gasteiger partial charge on any atom is -0.309 e. The fourth-order valence-corrected chi connectivity index (χ4v) is 4.09. The summed E-state index contributed by atoms with van der Waals surface area (Å²) in [5.74, 6) is 3.02. The maximum atomic E-state index is 4.59. The number of hydrogen-bond acceptors (Lipinski definition) is 4. The normalized spacial score (nSPS) is 12.1. The minimum atomic E-state index is 0.344. The molecule has 0 aliphatic rings. The zero-order valence-electron chi connectivity index (χ0n) is 11.9. The van der Waals surface area contributed by atoms with Gasteiger partial charge in [0.2, 0.25) is 0 Å². The van der Waals surface area contributed by atoms with Gasteiger partial charge < -0.3 is 4.57 Å². The predicted octanol–water partition coefficient (Wildman–Crippen LogP) is 3.73. The fraction of sp³-hybridized carbons (Fsp3) is 0.846. The van der Waals surface area contributed by atoms with Crippen LogP contribution in [-0.2, 0) is 7.05 Å². The van der Waals surface area contributed by atoms with Crippen molar-refractivity contribution in [2.75, 3.05) is 11.5 Å². The zero-order valence-corrected chi connectivity index (χ0v) is 13.7. The van der Waals surface area contributed by atoms with Crippen molar-refractivity contribution in [2.45, 2.75) is 51.6 Å². The number of rotatable bonds is 8. The number of aryl methyl sites for hydroxylation is 1. The SMILES string of the molecule is CCCC(CS)(CCC)CSc1nnc(C)n1C. The average Bonchev–Trinajstić information content (AvgIpc) is 2.68. The number of thioether (sulfide) groups is 1. The Labute approximate surface area is 121 Å². The van der Waals surface area contributed by atoms with Gasteiger partial charge in [-0.3, -0.25) is 0 Å².